The molecule has 1 aromatic carbocycles. The quantitative estimate of drug-likeness (QED) is 0.500. The van der Waals surface area contributed by atoms with Crippen LogP contribution in [0.15, 0.2) is 36.4 Å². The molecule has 0 aliphatic heterocycles. The molecule has 3 rings (SSSR count). The minimum absolute atomic E-state index is 0.142. The monoisotopic (exact) mass is 340 g/mol. The summed E-state index contributed by atoms with van der Waals surface area (Å²) >= 11 is 0. The summed E-state index contributed by atoms with van der Waals surface area (Å²) in [7, 11) is 0. The molecule has 25 heavy (non-hydrogen) atoms. The number of hydrogen-bond donors (Lipinski definition) is 0. The number of carbonyl (C=O) groups excluding carboxylic acids is 1. The van der Waals surface area contributed by atoms with Gasteiger partial charge in [0.1, 0.15) is 6.10 Å². The van der Waals surface area contributed by atoms with Gasteiger partial charge in [-0.15, -0.1) is 0 Å². The number of aryl methyl sites for hydroxylation is 1. The number of carbonyl (C=O) groups is 1. The summed E-state index contributed by atoms with van der Waals surface area (Å²) < 4.78 is 5.53. The number of rotatable bonds is 4. The Morgan fingerprint density at radius 1 is 0.920 bits per heavy atom. The Labute approximate surface area is 152 Å². The standard InChI is InChI=1S/C23H32O2/c1-3-4-23(24)25-22-15-13-21(14-16-22)20-11-9-19(10-12-20)18-7-5-17(2)6-8-18/h3-8,19-22H,9-16H2,1-2H3. The Morgan fingerprint density at radius 2 is 1.48 bits per heavy atom. The van der Waals surface area contributed by atoms with E-state index in [1.54, 1.807) is 6.08 Å². The van der Waals surface area contributed by atoms with Crippen molar-refractivity contribution in [1.29, 1.82) is 0 Å². The van der Waals surface area contributed by atoms with Crippen molar-refractivity contribution in [3.05, 3.63) is 47.5 Å². The zero-order valence-electron chi connectivity index (χ0n) is 15.7. The zero-order chi connectivity index (χ0) is 17.6. The van der Waals surface area contributed by atoms with Crippen LogP contribution in [0, 0.1) is 18.8 Å². The van der Waals surface area contributed by atoms with E-state index < -0.39 is 0 Å². The fraction of sp³-hybridized carbons (Fsp3) is 0.609. The predicted molar refractivity (Wildman–Crippen MR) is 103 cm³/mol. The molecule has 1 aromatic rings. The Morgan fingerprint density at radius 3 is 2.04 bits per heavy atom. The smallest absolute Gasteiger partial charge is 0.330 e. The van der Waals surface area contributed by atoms with Gasteiger partial charge < -0.3 is 4.74 Å². The lowest BCUT2D eigenvalue weighted by molar-refractivity contribution is -0.145. The average molecular weight is 341 g/mol. The maximum Gasteiger partial charge on any atom is 0.330 e. The highest BCUT2D eigenvalue weighted by Gasteiger charge is 2.32. The average Bonchev–Trinajstić information content (AvgIpc) is 2.63. The number of benzene rings is 1. The lowest BCUT2D eigenvalue weighted by Crippen LogP contribution is -2.29. The first-order valence-electron chi connectivity index (χ1n) is 10.1. The molecule has 2 saturated carbocycles. The van der Waals surface area contributed by atoms with E-state index in [0.717, 1.165) is 30.6 Å². The Kier molecular flexibility index (Phi) is 6.34. The van der Waals surface area contributed by atoms with E-state index in [-0.39, 0.29) is 12.1 Å². The summed E-state index contributed by atoms with van der Waals surface area (Å²) in [5.41, 5.74) is 2.88. The number of esters is 1. The molecule has 2 aliphatic carbocycles. The summed E-state index contributed by atoms with van der Waals surface area (Å²) in [6.07, 6.45) is 13.4. The van der Waals surface area contributed by atoms with Crippen LogP contribution in [0.4, 0.5) is 0 Å². The highest BCUT2D eigenvalue weighted by molar-refractivity contribution is 5.81. The normalized spacial score (nSPS) is 30.3. The SMILES string of the molecule is CC=CC(=O)OC1CCC(C2CCC(c3ccc(C)cc3)CC2)CC1. The van der Waals surface area contributed by atoms with Gasteiger partial charge in [0.2, 0.25) is 0 Å². The number of hydrogen-bond acceptors (Lipinski definition) is 2. The van der Waals surface area contributed by atoms with Crippen molar-refractivity contribution in [1.82, 2.24) is 0 Å². The third-order valence-electron chi connectivity index (χ3n) is 6.29. The highest BCUT2D eigenvalue weighted by Crippen LogP contribution is 2.43. The first kappa shape index (κ1) is 18.2. The second kappa shape index (κ2) is 8.69. The van der Waals surface area contributed by atoms with Gasteiger partial charge in [-0.3, -0.25) is 0 Å². The zero-order valence-corrected chi connectivity index (χ0v) is 15.7. The Bertz CT molecular complexity index is 571. The van der Waals surface area contributed by atoms with Crippen molar-refractivity contribution in [3.8, 4) is 0 Å². The molecule has 0 spiro atoms. The molecule has 0 atom stereocenters. The molecule has 0 unspecified atom stereocenters. The summed E-state index contributed by atoms with van der Waals surface area (Å²) in [4.78, 5) is 11.6. The van der Waals surface area contributed by atoms with Gasteiger partial charge in [0, 0.05) is 6.08 Å². The van der Waals surface area contributed by atoms with Gasteiger partial charge in [-0.25, -0.2) is 4.79 Å². The molecule has 0 bridgehead atoms. The third kappa shape index (κ3) is 4.96. The molecule has 0 N–H and O–H groups in total. The van der Waals surface area contributed by atoms with E-state index in [1.807, 2.05) is 6.92 Å². The van der Waals surface area contributed by atoms with E-state index >= 15 is 0 Å². The van der Waals surface area contributed by atoms with E-state index in [4.69, 9.17) is 4.74 Å². The fourth-order valence-corrected chi connectivity index (χ4v) is 4.78. The van der Waals surface area contributed by atoms with Gasteiger partial charge in [-0.2, -0.15) is 0 Å². The lowest BCUT2D eigenvalue weighted by Gasteiger charge is -2.37. The topological polar surface area (TPSA) is 26.3 Å². The van der Waals surface area contributed by atoms with Gasteiger partial charge in [0.05, 0.1) is 0 Å². The summed E-state index contributed by atoms with van der Waals surface area (Å²) in [5, 5.41) is 0. The van der Waals surface area contributed by atoms with Crippen molar-refractivity contribution >= 4 is 5.97 Å². The molecule has 0 radical (unpaired) electrons. The van der Waals surface area contributed by atoms with Crippen LogP contribution in [-0.4, -0.2) is 12.1 Å². The maximum atomic E-state index is 11.6. The molecule has 0 amide bonds. The van der Waals surface area contributed by atoms with Crippen LogP contribution >= 0.6 is 0 Å². The van der Waals surface area contributed by atoms with Gasteiger partial charge >= 0.3 is 5.97 Å². The van der Waals surface area contributed by atoms with Crippen LogP contribution in [0.5, 0.6) is 0 Å². The van der Waals surface area contributed by atoms with Crippen molar-refractivity contribution in [2.24, 2.45) is 11.8 Å². The summed E-state index contributed by atoms with van der Waals surface area (Å²) in [6.45, 7) is 4.01. The fourth-order valence-electron chi connectivity index (χ4n) is 4.78. The molecule has 136 valence electrons. The Balaban J connectivity index is 1.43. The van der Waals surface area contributed by atoms with Gasteiger partial charge in [0.15, 0.2) is 0 Å². The van der Waals surface area contributed by atoms with Gasteiger partial charge in [-0.1, -0.05) is 35.9 Å². The Hall–Kier alpha value is -1.57. The predicted octanol–water partition coefficient (Wildman–Crippen LogP) is 5.95. The third-order valence-corrected chi connectivity index (χ3v) is 6.29. The first-order valence-corrected chi connectivity index (χ1v) is 10.1. The maximum absolute atomic E-state index is 11.6. The molecule has 2 heteroatoms. The molecular formula is C23H32O2. The molecule has 0 saturated heterocycles. The van der Waals surface area contributed by atoms with Crippen LogP contribution in [0.2, 0.25) is 0 Å². The van der Waals surface area contributed by atoms with Gasteiger partial charge in [-0.05, 0) is 88.5 Å². The minimum atomic E-state index is -0.176. The minimum Gasteiger partial charge on any atom is -0.459 e. The molecular weight excluding hydrogens is 308 g/mol. The van der Waals surface area contributed by atoms with Crippen LogP contribution in [-0.2, 0) is 9.53 Å². The van der Waals surface area contributed by atoms with Crippen LogP contribution in [0.1, 0.15) is 75.3 Å². The molecule has 0 aromatic heterocycles. The van der Waals surface area contributed by atoms with Crippen molar-refractivity contribution in [2.75, 3.05) is 0 Å². The van der Waals surface area contributed by atoms with Crippen molar-refractivity contribution < 1.29 is 9.53 Å². The van der Waals surface area contributed by atoms with E-state index in [2.05, 4.69) is 31.2 Å². The molecule has 2 nitrogen and oxygen atoms in total. The van der Waals surface area contributed by atoms with E-state index in [0.29, 0.717) is 0 Å². The van der Waals surface area contributed by atoms with Crippen molar-refractivity contribution in [2.45, 2.75) is 77.2 Å². The van der Waals surface area contributed by atoms with E-state index in [1.165, 1.54) is 55.7 Å². The van der Waals surface area contributed by atoms with Gasteiger partial charge in [0.25, 0.3) is 0 Å². The number of ether oxygens (including phenoxy) is 1. The summed E-state index contributed by atoms with van der Waals surface area (Å²) in [5.74, 6) is 2.31. The largest absolute Gasteiger partial charge is 0.459 e. The van der Waals surface area contributed by atoms with E-state index in [9.17, 15) is 4.79 Å². The number of allylic oxidation sites excluding steroid dienone is 1. The second-order valence-corrected chi connectivity index (χ2v) is 8.00. The van der Waals surface area contributed by atoms with Crippen LogP contribution in [0.25, 0.3) is 0 Å². The first-order chi connectivity index (χ1) is 12.2. The van der Waals surface area contributed by atoms with Crippen LogP contribution < -0.4 is 0 Å². The molecule has 2 fully saturated rings. The summed E-state index contributed by atoms with van der Waals surface area (Å²) in [6, 6.07) is 9.14. The van der Waals surface area contributed by atoms with Crippen LogP contribution in [0.3, 0.4) is 0 Å². The lowest BCUT2D eigenvalue weighted by atomic mass is 9.69. The highest BCUT2D eigenvalue weighted by atomic mass is 16.5. The second-order valence-electron chi connectivity index (χ2n) is 8.00. The molecule has 0 heterocycles. The van der Waals surface area contributed by atoms with Crippen molar-refractivity contribution in [3.63, 3.8) is 0 Å². The molecule has 2 aliphatic rings.